The molecule has 28 heavy (non-hydrogen) atoms. The van der Waals surface area contributed by atoms with Crippen LogP contribution < -0.4 is 10.2 Å². The van der Waals surface area contributed by atoms with Crippen LogP contribution in [0.4, 0.5) is 5.82 Å². The van der Waals surface area contributed by atoms with E-state index in [1.807, 2.05) is 6.92 Å². The number of nitrogens with zero attached hydrogens (tertiary/aromatic N) is 4. The number of hydrogen-bond donors (Lipinski definition) is 1. The lowest BCUT2D eigenvalue weighted by atomic mass is 9.95. The van der Waals surface area contributed by atoms with Gasteiger partial charge in [-0.1, -0.05) is 6.92 Å². The highest BCUT2D eigenvalue weighted by Crippen LogP contribution is 2.38. The van der Waals surface area contributed by atoms with E-state index in [0.717, 1.165) is 64.3 Å². The van der Waals surface area contributed by atoms with Gasteiger partial charge >= 0.3 is 0 Å². The number of hydrogen-bond acceptors (Lipinski definition) is 6. The van der Waals surface area contributed by atoms with Crippen molar-refractivity contribution in [3.63, 3.8) is 0 Å². The molecule has 0 aromatic carbocycles. The maximum atomic E-state index is 12.4. The Labute approximate surface area is 169 Å². The zero-order valence-electron chi connectivity index (χ0n) is 17.0. The normalized spacial score (nSPS) is 16.6. The number of rotatable bonds is 4. The molecule has 1 amide bonds. The summed E-state index contributed by atoms with van der Waals surface area (Å²) in [4.78, 5) is 29.7. The van der Waals surface area contributed by atoms with Gasteiger partial charge in [0.2, 0.25) is 5.91 Å². The second-order valence-corrected chi connectivity index (χ2v) is 8.82. The molecular weight excluding hydrogens is 370 g/mol. The van der Waals surface area contributed by atoms with Gasteiger partial charge in [-0.25, -0.2) is 15.0 Å². The second-order valence-electron chi connectivity index (χ2n) is 7.82. The number of pyridine rings is 1. The summed E-state index contributed by atoms with van der Waals surface area (Å²) in [5, 5.41) is 4.26. The fourth-order valence-electron chi connectivity index (χ4n) is 3.94. The van der Waals surface area contributed by atoms with Crippen molar-refractivity contribution in [1.29, 1.82) is 0 Å². The molecule has 4 heterocycles. The van der Waals surface area contributed by atoms with E-state index in [0.29, 0.717) is 0 Å². The Bertz CT molecular complexity index is 1020. The third kappa shape index (κ3) is 3.43. The molecule has 6 nitrogen and oxygen atoms in total. The standard InChI is InChI=1S/C21H27N5OS/c1-5-13(3)24-20(27)15-6-8-26(9-7-15)19-18-17(22-11-23-19)16-12(2)10-14(4)25-21(16)28-18/h10-11,13,15H,5-9H2,1-4H3,(H,24,27)/t13-/m0/s1. The summed E-state index contributed by atoms with van der Waals surface area (Å²) in [6.07, 6.45) is 4.33. The van der Waals surface area contributed by atoms with Crippen LogP contribution in [-0.4, -0.2) is 40.0 Å². The molecule has 1 aliphatic heterocycles. The smallest absolute Gasteiger partial charge is 0.223 e. The quantitative estimate of drug-likeness (QED) is 0.721. The van der Waals surface area contributed by atoms with Crippen LogP contribution in [0.3, 0.4) is 0 Å². The van der Waals surface area contributed by atoms with Crippen molar-refractivity contribution in [2.75, 3.05) is 18.0 Å². The number of carbonyl (C=O) groups is 1. The highest BCUT2D eigenvalue weighted by Gasteiger charge is 2.27. The van der Waals surface area contributed by atoms with Crippen molar-refractivity contribution in [2.24, 2.45) is 5.92 Å². The molecule has 4 rings (SSSR count). The number of nitrogens with one attached hydrogen (secondary N) is 1. The fourth-order valence-corrected chi connectivity index (χ4v) is 5.21. The summed E-state index contributed by atoms with van der Waals surface area (Å²) in [6.45, 7) is 9.97. The maximum absolute atomic E-state index is 12.4. The second kappa shape index (κ2) is 7.62. The Kier molecular flexibility index (Phi) is 5.19. The van der Waals surface area contributed by atoms with Crippen LogP contribution >= 0.6 is 11.3 Å². The molecule has 3 aromatic rings. The van der Waals surface area contributed by atoms with Crippen molar-refractivity contribution in [3.05, 3.63) is 23.7 Å². The van der Waals surface area contributed by atoms with Crippen molar-refractivity contribution >= 4 is 43.5 Å². The number of thiophene rings is 1. The molecule has 0 radical (unpaired) electrons. The number of carbonyl (C=O) groups excluding carboxylic acids is 1. The minimum absolute atomic E-state index is 0.0940. The van der Waals surface area contributed by atoms with Crippen molar-refractivity contribution < 1.29 is 4.79 Å². The maximum Gasteiger partial charge on any atom is 0.223 e. The molecule has 1 N–H and O–H groups in total. The zero-order valence-corrected chi connectivity index (χ0v) is 17.8. The lowest BCUT2D eigenvalue weighted by Crippen LogP contribution is -2.43. The number of fused-ring (bicyclic) bond motifs is 3. The zero-order chi connectivity index (χ0) is 19.8. The molecule has 1 aliphatic rings. The van der Waals surface area contributed by atoms with Gasteiger partial charge in [-0.2, -0.15) is 0 Å². The average Bonchev–Trinajstić information content (AvgIpc) is 3.06. The van der Waals surface area contributed by atoms with Gasteiger partial charge in [-0.15, -0.1) is 11.3 Å². The summed E-state index contributed by atoms with van der Waals surface area (Å²) < 4.78 is 1.10. The van der Waals surface area contributed by atoms with Crippen LogP contribution in [0.2, 0.25) is 0 Å². The SMILES string of the molecule is CC[C@H](C)NC(=O)C1CCN(c2ncnc3c2sc2nc(C)cc(C)c23)CC1. The van der Waals surface area contributed by atoms with E-state index in [9.17, 15) is 4.79 Å². The van der Waals surface area contributed by atoms with E-state index in [2.05, 4.69) is 47.0 Å². The summed E-state index contributed by atoms with van der Waals surface area (Å²) in [7, 11) is 0. The Hall–Kier alpha value is -2.28. The minimum atomic E-state index is 0.0940. The van der Waals surface area contributed by atoms with Crippen molar-refractivity contribution in [2.45, 2.75) is 53.0 Å². The van der Waals surface area contributed by atoms with Gasteiger partial charge in [0.1, 0.15) is 17.0 Å². The van der Waals surface area contributed by atoms with Gasteiger partial charge < -0.3 is 10.2 Å². The Morgan fingerprint density at radius 1 is 1.32 bits per heavy atom. The summed E-state index contributed by atoms with van der Waals surface area (Å²) in [5.74, 6) is 1.27. The molecule has 148 valence electrons. The van der Waals surface area contributed by atoms with Crippen LogP contribution in [0, 0.1) is 19.8 Å². The topological polar surface area (TPSA) is 71.0 Å². The van der Waals surface area contributed by atoms with Gasteiger partial charge in [-0.3, -0.25) is 4.79 Å². The molecule has 0 aliphatic carbocycles. The lowest BCUT2D eigenvalue weighted by Gasteiger charge is -2.32. The van der Waals surface area contributed by atoms with E-state index in [-0.39, 0.29) is 17.9 Å². The van der Waals surface area contributed by atoms with Gasteiger partial charge in [0, 0.05) is 36.1 Å². The number of anilines is 1. The largest absolute Gasteiger partial charge is 0.355 e. The Balaban J connectivity index is 1.59. The Morgan fingerprint density at radius 3 is 2.79 bits per heavy atom. The van der Waals surface area contributed by atoms with E-state index in [1.165, 1.54) is 5.56 Å². The number of aryl methyl sites for hydroxylation is 2. The Morgan fingerprint density at radius 2 is 2.07 bits per heavy atom. The fraction of sp³-hybridized carbons (Fsp3) is 0.524. The number of aromatic nitrogens is 3. The van der Waals surface area contributed by atoms with Gasteiger partial charge in [-0.05, 0) is 51.7 Å². The van der Waals surface area contributed by atoms with Crippen LogP contribution in [0.5, 0.6) is 0 Å². The van der Waals surface area contributed by atoms with Crippen LogP contribution in [0.15, 0.2) is 12.4 Å². The molecule has 0 bridgehead atoms. The summed E-state index contributed by atoms with van der Waals surface area (Å²) >= 11 is 1.67. The van der Waals surface area contributed by atoms with Gasteiger partial charge in [0.05, 0.1) is 10.2 Å². The first-order valence-corrected chi connectivity index (χ1v) is 10.9. The molecule has 7 heteroatoms. The molecule has 1 saturated heterocycles. The van der Waals surface area contributed by atoms with E-state index < -0.39 is 0 Å². The van der Waals surface area contributed by atoms with Crippen molar-refractivity contribution in [3.8, 4) is 0 Å². The van der Waals surface area contributed by atoms with E-state index in [4.69, 9.17) is 4.98 Å². The monoisotopic (exact) mass is 397 g/mol. The van der Waals surface area contributed by atoms with Gasteiger partial charge in [0.15, 0.2) is 0 Å². The predicted molar refractivity (Wildman–Crippen MR) is 115 cm³/mol. The third-order valence-electron chi connectivity index (χ3n) is 5.70. The predicted octanol–water partition coefficient (Wildman–Crippen LogP) is 3.99. The van der Waals surface area contributed by atoms with Crippen LogP contribution in [0.1, 0.15) is 44.4 Å². The third-order valence-corrected chi connectivity index (χ3v) is 6.77. The average molecular weight is 398 g/mol. The summed E-state index contributed by atoms with van der Waals surface area (Å²) in [6, 6.07) is 2.35. The van der Waals surface area contributed by atoms with Gasteiger partial charge in [0.25, 0.3) is 0 Å². The minimum Gasteiger partial charge on any atom is -0.355 e. The van der Waals surface area contributed by atoms with E-state index >= 15 is 0 Å². The molecule has 0 spiro atoms. The molecule has 1 fully saturated rings. The lowest BCUT2D eigenvalue weighted by molar-refractivity contribution is -0.126. The van der Waals surface area contributed by atoms with Crippen LogP contribution in [0.25, 0.3) is 20.4 Å². The first-order chi connectivity index (χ1) is 13.5. The van der Waals surface area contributed by atoms with E-state index in [1.54, 1.807) is 17.7 Å². The van der Waals surface area contributed by atoms with Crippen molar-refractivity contribution in [1.82, 2.24) is 20.3 Å². The molecular formula is C21H27N5OS. The van der Waals surface area contributed by atoms with Crippen LogP contribution in [-0.2, 0) is 4.79 Å². The highest BCUT2D eigenvalue weighted by atomic mass is 32.1. The molecule has 1 atom stereocenters. The first-order valence-electron chi connectivity index (χ1n) is 10.0. The summed E-state index contributed by atoms with van der Waals surface area (Å²) in [5.41, 5.74) is 3.23. The molecule has 3 aromatic heterocycles. The molecule has 0 unspecified atom stereocenters. The number of piperidine rings is 1. The highest BCUT2D eigenvalue weighted by molar-refractivity contribution is 7.26. The number of amides is 1. The molecule has 0 saturated carbocycles. The first kappa shape index (κ1) is 19.1.